The first kappa shape index (κ1) is 23.2. The van der Waals surface area contributed by atoms with Gasteiger partial charge in [-0.15, -0.1) is 0 Å². The summed E-state index contributed by atoms with van der Waals surface area (Å²) in [6.07, 6.45) is 5.90. The number of ether oxygens (including phenoxy) is 1. The number of carbonyl (C=O) groups is 2. The number of benzene rings is 1. The third-order valence-electron chi connectivity index (χ3n) is 5.35. The number of piperidine rings is 1. The summed E-state index contributed by atoms with van der Waals surface area (Å²) in [5, 5.41) is 10.6. The number of nitrogens with zero attached hydrogens (tertiary/aromatic N) is 3. The molecule has 1 fully saturated rings. The molecule has 170 valence electrons. The Labute approximate surface area is 187 Å². The zero-order valence-corrected chi connectivity index (χ0v) is 18.3. The maximum absolute atomic E-state index is 11.8. The van der Waals surface area contributed by atoms with Crippen molar-refractivity contribution in [1.82, 2.24) is 14.9 Å². The summed E-state index contributed by atoms with van der Waals surface area (Å²) in [6, 6.07) is 8.14. The van der Waals surface area contributed by atoms with Gasteiger partial charge in [-0.25, -0.2) is 14.8 Å². The molecule has 0 saturated carbocycles. The Morgan fingerprint density at radius 1 is 1.22 bits per heavy atom. The smallest absolute Gasteiger partial charge is 0.409 e. The molecule has 32 heavy (non-hydrogen) atoms. The highest BCUT2D eigenvalue weighted by Gasteiger charge is 2.23. The fourth-order valence-electron chi connectivity index (χ4n) is 3.65. The molecule has 0 spiro atoms. The summed E-state index contributed by atoms with van der Waals surface area (Å²) >= 11 is 0. The van der Waals surface area contributed by atoms with E-state index in [1.807, 2.05) is 24.3 Å². The predicted molar refractivity (Wildman–Crippen MR) is 123 cm³/mol. The van der Waals surface area contributed by atoms with Crippen molar-refractivity contribution in [1.29, 1.82) is 5.41 Å². The van der Waals surface area contributed by atoms with Gasteiger partial charge in [-0.2, -0.15) is 0 Å². The second-order valence-corrected chi connectivity index (χ2v) is 7.84. The van der Waals surface area contributed by atoms with Gasteiger partial charge >= 0.3 is 6.09 Å². The van der Waals surface area contributed by atoms with Crippen LogP contribution < -0.4 is 11.1 Å². The number of rotatable bonds is 9. The maximum atomic E-state index is 11.8. The molecule has 2 aromatic rings. The van der Waals surface area contributed by atoms with Crippen LogP contribution in [0.5, 0.6) is 0 Å². The van der Waals surface area contributed by atoms with Crippen LogP contribution in [0.3, 0.4) is 0 Å². The van der Waals surface area contributed by atoms with Crippen LogP contribution in [0.2, 0.25) is 0 Å². The normalized spacial score (nSPS) is 14.1. The number of hydrogen-bond donors (Lipinski definition) is 3. The second-order valence-electron chi connectivity index (χ2n) is 7.84. The standard InChI is InChI=1S/C23H30N6O3/c1-2-32-23(31)29-10-8-19(9-11-29)28-22-26-14-18(15-27-22)17-5-3-4-16(12-17)6-7-20(30)13-21(24)25/h3-5,12,14-15,19H,2,6-11,13H2,1H3,(H3,24,25)(H,26,27,28). The molecule has 0 bridgehead atoms. The van der Waals surface area contributed by atoms with Crippen molar-refractivity contribution in [2.24, 2.45) is 5.73 Å². The summed E-state index contributed by atoms with van der Waals surface area (Å²) in [5.41, 5.74) is 8.20. The number of anilines is 1. The summed E-state index contributed by atoms with van der Waals surface area (Å²) in [6.45, 7) is 3.49. The fraction of sp³-hybridized carbons (Fsp3) is 0.435. The number of carbonyl (C=O) groups excluding carboxylic acids is 2. The Balaban J connectivity index is 1.53. The summed E-state index contributed by atoms with van der Waals surface area (Å²) in [7, 11) is 0. The highest BCUT2D eigenvalue weighted by Crippen LogP contribution is 2.21. The van der Waals surface area contributed by atoms with E-state index in [-0.39, 0.29) is 30.2 Å². The first-order chi connectivity index (χ1) is 15.4. The molecule has 2 heterocycles. The Hall–Kier alpha value is -3.49. The summed E-state index contributed by atoms with van der Waals surface area (Å²) in [4.78, 5) is 34.2. The molecule has 0 atom stereocenters. The number of aryl methyl sites for hydroxylation is 1. The largest absolute Gasteiger partial charge is 0.450 e. The number of amidine groups is 1. The molecule has 1 amide bonds. The van der Waals surface area contributed by atoms with Gasteiger partial charge < -0.3 is 20.7 Å². The predicted octanol–water partition coefficient (Wildman–Crippen LogP) is 3.00. The van der Waals surface area contributed by atoms with Crippen molar-refractivity contribution in [3.05, 3.63) is 42.2 Å². The van der Waals surface area contributed by atoms with Crippen molar-refractivity contribution in [3.8, 4) is 11.1 Å². The molecular formula is C23H30N6O3. The highest BCUT2D eigenvalue weighted by molar-refractivity contribution is 5.98. The van der Waals surface area contributed by atoms with E-state index in [1.54, 1.807) is 24.2 Å². The Morgan fingerprint density at radius 2 is 1.94 bits per heavy atom. The van der Waals surface area contributed by atoms with Crippen molar-refractivity contribution >= 4 is 23.7 Å². The highest BCUT2D eigenvalue weighted by atomic mass is 16.6. The average molecular weight is 439 g/mol. The molecule has 0 radical (unpaired) electrons. The molecular weight excluding hydrogens is 408 g/mol. The van der Waals surface area contributed by atoms with Gasteiger partial charge in [0.15, 0.2) is 0 Å². The van der Waals surface area contributed by atoms with Crippen LogP contribution in [0, 0.1) is 5.41 Å². The van der Waals surface area contributed by atoms with E-state index in [0.29, 0.717) is 38.5 Å². The number of nitrogens with one attached hydrogen (secondary N) is 2. The molecule has 0 unspecified atom stereocenters. The van der Waals surface area contributed by atoms with E-state index in [0.717, 1.165) is 29.5 Å². The minimum atomic E-state index is -0.253. The monoisotopic (exact) mass is 438 g/mol. The van der Waals surface area contributed by atoms with E-state index in [2.05, 4.69) is 15.3 Å². The number of amides is 1. The Bertz CT molecular complexity index is 939. The van der Waals surface area contributed by atoms with Gasteiger partial charge in [0.1, 0.15) is 5.78 Å². The lowest BCUT2D eigenvalue weighted by molar-refractivity contribution is -0.117. The minimum Gasteiger partial charge on any atom is -0.450 e. The number of Topliss-reactive ketones (excluding diaryl/α,β-unsaturated/α-hetero) is 1. The van der Waals surface area contributed by atoms with E-state index < -0.39 is 0 Å². The van der Waals surface area contributed by atoms with Gasteiger partial charge in [0, 0.05) is 43.5 Å². The van der Waals surface area contributed by atoms with E-state index >= 15 is 0 Å². The zero-order chi connectivity index (χ0) is 22.9. The van der Waals surface area contributed by atoms with Gasteiger partial charge in [-0.1, -0.05) is 24.3 Å². The molecule has 4 N–H and O–H groups in total. The average Bonchev–Trinajstić information content (AvgIpc) is 2.79. The van der Waals surface area contributed by atoms with Gasteiger partial charge in [-0.05, 0) is 37.3 Å². The minimum absolute atomic E-state index is 0.00381. The molecule has 1 aliphatic rings. The molecule has 1 aliphatic heterocycles. The van der Waals surface area contributed by atoms with Crippen molar-refractivity contribution < 1.29 is 14.3 Å². The van der Waals surface area contributed by atoms with E-state index in [9.17, 15) is 9.59 Å². The quantitative estimate of drug-likeness (QED) is 0.405. The topological polar surface area (TPSA) is 134 Å². The third-order valence-corrected chi connectivity index (χ3v) is 5.35. The Kier molecular flexibility index (Phi) is 8.13. The second kappa shape index (κ2) is 11.2. The number of aromatic nitrogens is 2. The number of nitrogens with two attached hydrogens (primary N) is 1. The SMILES string of the molecule is CCOC(=O)N1CCC(Nc2ncc(-c3cccc(CCC(=O)CC(=N)N)c3)cn2)CC1. The molecule has 0 aliphatic carbocycles. The third kappa shape index (κ3) is 6.76. The summed E-state index contributed by atoms with van der Waals surface area (Å²) in [5.74, 6) is 0.434. The van der Waals surface area contributed by atoms with Crippen LogP contribution in [0.15, 0.2) is 36.7 Å². The van der Waals surface area contributed by atoms with Crippen molar-refractivity contribution in [2.45, 2.75) is 45.1 Å². The molecule has 9 heteroatoms. The molecule has 9 nitrogen and oxygen atoms in total. The molecule has 1 saturated heterocycles. The number of likely N-dealkylation sites (tertiary alicyclic amines) is 1. The Morgan fingerprint density at radius 3 is 2.59 bits per heavy atom. The van der Waals surface area contributed by atoms with Crippen LogP contribution in [0.1, 0.15) is 38.2 Å². The van der Waals surface area contributed by atoms with Gasteiger partial charge in [0.25, 0.3) is 0 Å². The van der Waals surface area contributed by atoms with Crippen LogP contribution in [0.4, 0.5) is 10.7 Å². The van der Waals surface area contributed by atoms with Crippen LogP contribution in [-0.4, -0.2) is 58.3 Å². The molecule has 1 aromatic heterocycles. The first-order valence-corrected chi connectivity index (χ1v) is 10.9. The lowest BCUT2D eigenvalue weighted by Gasteiger charge is -2.31. The lowest BCUT2D eigenvalue weighted by atomic mass is 10.0. The first-order valence-electron chi connectivity index (χ1n) is 10.9. The molecule has 1 aromatic carbocycles. The van der Waals surface area contributed by atoms with Gasteiger partial charge in [-0.3, -0.25) is 10.2 Å². The van der Waals surface area contributed by atoms with E-state index in [4.69, 9.17) is 15.9 Å². The number of hydrogen-bond acceptors (Lipinski definition) is 7. The maximum Gasteiger partial charge on any atom is 0.409 e. The van der Waals surface area contributed by atoms with Crippen molar-refractivity contribution in [2.75, 3.05) is 25.0 Å². The summed E-state index contributed by atoms with van der Waals surface area (Å²) < 4.78 is 5.05. The van der Waals surface area contributed by atoms with Gasteiger partial charge in [0.05, 0.1) is 18.9 Å². The zero-order valence-electron chi connectivity index (χ0n) is 18.3. The van der Waals surface area contributed by atoms with Crippen molar-refractivity contribution in [3.63, 3.8) is 0 Å². The molecule has 3 rings (SSSR count). The number of ketones is 1. The fourth-order valence-corrected chi connectivity index (χ4v) is 3.65. The lowest BCUT2D eigenvalue weighted by Crippen LogP contribution is -2.42. The van der Waals surface area contributed by atoms with Crippen LogP contribution in [0.25, 0.3) is 11.1 Å². The van der Waals surface area contributed by atoms with Crippen LogP contribution >= 0.6 is 0 Å². The van der Waals surface area contributed by atoms with Crippen LogP contribution in [-0.2, 0) is 16.0 Å². The van der Waals surface area contributed by atoms with E-state index in [1.165, 1.54) is 0 Å². The van der Waals surface area contributed by atoms with Gasteiger partial charge in [0.2, 0.25) is 5.95 Å².